The lowest BCUT2D eigenvalue weighted by Crippen LogP contribution is -2.31. The highest BCUT2D eigenvalue weighted by Gasteiger charge is 2.26. The van der Waals surface area contributed by atoms with Crippen molar-refractivity contribution < 1.29 is 18.9 Å². The number of hydrogen-bond donors (Lipinski definition) is 1. The Morgan fingerprint density at radius 3 is 2.38 bits per heavy atom. The van der Waals surface area contributed by atoms with Crippen LogP contribution in [0.1, 0.15) is 22.7 Å². The molecule has 2 aromatic rings. The van der Waals surface area contributed by atoms with Gasteiger partial charge in [-0.05, 0) is 60.3 Å². The summed E-state index contributed by atoms with van der Waals surface area (Å²) in [4.78, 5) is 0. The molecule has 124 valence electrons. The molecule has 6 heteroatoms. The minimum Gasteiger partial charge on any atom is -0.454 e. The Bertz CT molecular complexity index is 823. The van der Waals surface area contributed by atoms with E-state index in [0.29, 0.717) is 13.6 Å². The van der Waals surface area contributed by atoms with Gasteiger partial charge < -0.3 is 24.3 Å². The Morgan fingerprint density at radius 2 is 1.58 bits per heavy atom. The second kappa shape index (κ2) is 5.57. The van der Waals surface area contributed by atoms with E-state index in [2.05, 4.69) is 39.4 Å². The first kappa shape index (κ1) is 14.4. The summed E-state index contributed by atoms with van der Waals surface area (Å²) < 4.78 is 23.0. The molecule has 3 aliphatic rings. The van der Waals surface area contributed by atoms with Crippen molar-refractivity contribution in [1.29, 1.82) is 0 Å². The van der Waals surface area contributed by atoms with Crippen molar-refractivity contribution in [3.05, 3.63) is 45.4 Å². The first-order valence-electron chi connectivity index (χ1n) is 8.02. The maximum Gasteiger partial charge on any atom is 0.231 e. The van der Waals surface area contributed by atoms with Gasteiger partial charge in [0, 0.05) is 10.5 Å². The van der Waals surface area contributed by atoms with Gasteiger partial charge >= 0.3 is 0 Å². The number of fused-ring (bicyclic) bond motifs is 3. The molecule has 0 aliphatic carbocycles. The van der Waals surface area contributed by atoms with Crippen LogP contribution >= 0.6 is 15.9 Å². The molecule has 5 nitrogen and oxygen atoms in total. The fourth-order valence-corrected chi connectivity index (χ4v) is 4.03. The first-order chi connectivity index (χ1) is 11.8. The molecule has 0 aromatic heterocycles. The summed E-state index contributed by atoms with van der Waals surface area (Å²) in [5.41, 5.74) is 3.82. The van der Waals surface area contributed by atoms with Crippen LogP contribution in [0.15, 0.2) is 28.7 Å². The normalized spacial score (nSPS) is 20.1. The van der Waals surface area contributed by atoms with E-state index in [-0.39, 0.29) is 6.04 Å². The lowest BCUT2D eigenvalue weighted by molar-refractivity contribution is 0.173. The molecule has 0 spiro atoms. The van der Waals surface area contributed by atoms with Gasteiger partial charge in [0.05, 0.1) is 0 Å². The molecule has 1 N–H and O–H groups in total. The van der Waals surface area contributed by atoms with Crippen molar-refractivity contribution in [2.75, 3.05) is 20.1 Å². The predicted octanol–water partition coefficient (Wildman–Crippen LogP) is 3.34. The summed E-state index contributed by atoms with van der Waals surface area (Å²) in [6.45, 7) is 1.56. The predicted molar refractivity (Wildman–Crippen MR) is 91.0 cm³/mol. The SMILES string of the molecule is Brc1cc2c(cc1CC1NCCc3cc4c(cc31)OCO4)OCO2. The zero-order chi connectivity index (χ0) is 16.1. The van der Waals surface area contributed by atoms with E-state index in [4.69, 9.17) is 18.9 Å². The Balaban J connectivity index is 1.49. The van der Waals surface area contributed by atoms with Crippen LogP contribution in [0.3, 0.4) is 0 Å². The van der Waals surface area contributed by atoms with Crippen molar-refractivity contribution in [2.45, 2.75) is 18.9 Å². The van der Waals surface area contributed by atoms with Gasteiger partial charge in [0.25, 0.3) is 0 Å². The monoisotopic (exact) mass is 389 g/mol. The summed E-state index contributed by atoms with van der Waals surface area (Å²) >= 11 is 3.66. The van der Waals surface area contributed by atoms with Crippen molar-refractivity contribution in [1.82, 2.24) is 5.32 Å². The number of hydrogen-bond acceptors (Lipinski definition) is 5. The van der Waals surface area contributed by atoms with Crippen LogP contribution in [0.5, 0.6) is 23.0 Å². The topological polar surface area (TPSA) is 49.0 Å². The Hall–Kier alpha value is -1.92. The molecule has 0 saturated heterocycles. The highest BCUT2D eigenvalue weighted by molar-refractivity contribution is 9.10. The second-order valence-corrected chi connectivity index (χ2v) is 7.02. The highest BCUT2D eigenvalue weighted by Crippen LogP contribution is 2.41. The number of benzene rings is 2. The lowest BCUT2D eigenvalue weighted by atomic mass is 9.90. The molecule has 0 bridgehead atoms. The van der Waals surface area contributed by atoms with Gasteiger partial charge in [-0.15, -0.1) is 0 Å². The van der Waals surface area contributed by atoms with Crippen LogP contribution in [0, 0.1) is 0 Å². The molecule has 0 amide bonds. The fourth-order valence-electron chi connectivity index (χ4n) is 3.55. The third-order valence-electron chi connectivity index (χ3n) is 4.76. The summed E-state index contributed by atoms with van der Waals surface area (Å²) in [6.07, 6.45) is 1.87. The number of ether oxygens (including phenoxy) is 4. The Labute approximate surface area is 148 Å². The second-order valence-electron chi connectivity index (χ2n) is 6.16. The summed E-state index contributed by atoms with van der Waals surface area (Å²) in [6, 6.07) is 8.53. The van der Waals surface area contributed by atoms with E-state index >= 15 is 0 Å². The van der Waals surface area contributed by atoms with Crippen molar-refractivity contribution >= 4 is 15.9 Å². The van der Waals surface area contributed by atoms with Crippen molar-refractivity contribution in [3.63, 3.8) is 0 Å². The molecule has 0 saturated carbocycles. The van der Waals surface area contributed by atoms with E-state index in [0.717, 1.165) is 46.9 Å². The first-order valence-corrected chi connectivity index (χ1v) is 8.81. The molecule has 1 unspecified atom stereocenters. The zero-order valence-corrected chi connectivity index (χ0v) is 14.5. The van der Waals surface area contributed by atoms with Crippen LogP contribution < -0.4 is 24.3 Å². The molecular weight excluding hydrogens is 374 g/mol. The number of rotatable bonds is 2. The highest BCUT2D eigenvalue weighted by atomic mass is 79.9. The van der Waals surface area contributed by atoms with Crippen molar-refractivity contribution in [2.24, 2.45) is 0 Å². The van der Waals surface area contributed by atoms with Crippen LogP contribution in [-0.2, 0) is 12.8 Å². The lowest BCUT2D eigenvalue weighted by Gasteiger charge is -2.27. The van der Waals surface area contributed by atoms with E-state index in [1.54, 1.807) is 0 Å². The molecule has 0 fully saturated rings. The maximum absolute atomic E-state index is 5.55. The molecular formula is C18H16BrNO4. The van der Waals surface area contributed by atoms with Crippen LogP contribution in [-0.4, -0.2) is 20.1 Å². The van der Waals surface area contributed by atoms with Crippen molar-refractivity contribution in [3.8, 4) is 23.0 Å². The van der Waals surface area contributed by atoms with E-state index < -0.39 is 0 Å². The molecule has 0 radical (unpaired) electrons. The molecule has 24 heavy (non-hydrogen) atoms. The maximum atomic E-state index is 5.55. The van der Waals surface area contributed by atoms with E-state index in [1.165, 1.54) is 16.7 Å². The van der Waals surface area contributed by atoms with Crippen LogP contribution in [0.4, 0.5) is 0 Å². The molecule has 3 aliphatic heterocycles. The summed E-state index contributed by atoms with van der Waals surface area (Å²) in [7, 11) is 0. The fraction of sp³-hybridized carbons (Fsp3) is 0.333. The van der Waals surface area contributed by atoms with Crippen LogP contribution in [0.25, 0.3) is 0 Å². The van der Waals surface area contributed by atoms with E-state index in [9.17, 15) is 0 Å². The van der Waals surface area contributed by atoms with Gasteiger partial charge in [0.1, 0.15) is 0 Å². The Kier molecular flexibility index (Phi) is 3.35. The Morgan fingerprint density at radius 1 is 0.917 bits per heavy atom. The van der Waals surface area contributed by atoms with Gasteiger partial charge in [0.15, 0.2) is 23.0 Å². The van der Waals surface area contributed by atoms with Gasteiger partial charge in [-0.25, -0.2) is 0 Å². The molecule has 2 aromatic carbocycles. The van der Waals surface area contributed by atoms with Gasteiger partial charge in [0.2, 0.25) is 13.6 Å². The smallest absolute Gasteiger partial charge is 0.231 e. The summed E-state index contributed by atoms with van der Waals surface area (Å²) in [5.74, 6) is 3.31. The molecule has 1 atom stereocenters. The molecule has 3 heterocycles. The minimum atomic E-state index is 0.236. The minimum absolute atomic E-state index is 0.236. The van der Waals surface area contributed by atoms with Crippen LogP contribution in [0.2, 0.25) is 0 Å². The summed E-state index contributed by atoms with van der Waals surface area (Å²) in [5, 5.41) is 3.62. The zero-order valence-electron chi connectivity index (χ0n) is 12.9. The van der Waals surface area contributed by atoms with Gasteiger partial charge in [-0.1, -0.05) is 15.9 Å². The third kappa shape index (κ3) is 2.32. The quantitative estimate of drug-likeness (QED) is 0.853. The van der Waals surface area contributed by atoms with Gasteiger partial charge in [-0.3, -0.25) is 0 Å². The molecule has 5 rings (SSSR count). The van der Waals surface area contributed by atoms with Gasteiger partial charge in [-0.2, -0.15) is 0 Å². The van der Waals surface area contributed by atoms with E-state index in [1.807, 2.05) is 6.07 Å². The average Bonchev–Trinajstić information content (AvgIpc) is 3.21. The number of nitrogens with one attached hydrogen (secondary N) is 1. The third-order valence-corrected chi connectivity index (χ3v) is 5.50. The number of halogens is 1. The average molecular weight is 390 g/mol. The largest absolute Gasteiger partial charge is 0.454 e. The standard InChI is InChI=1S/C18H16BrNO4/c19-13-7-18-16(22-9-24-18)5-11(13)3-14-12-6-17-15(21-8-23-17)4-10(12)1-2-20-14/h4-7,14,20H,1-3,8-9H2.